The van der Waals surface area contributed by atoms with Crippen LogP contribution in [0.5, 0.6) is 0 Å². The molecule has 1 saturated heterocycles. The summed E-state index contributed by atoms with van der Waals surface area (Å²) in [4.78, 5) is 24.3. The van der Waals surface area contributed by atoms with Crippen LogP contribution in [0.15, 0.2) is 60.7 Å². The summed E-state index contributed by atoms with van der Waals surface area (Å²) in [5.41, 5.74) is 1.03. The number of hydrogen-bond acceptors (Lipinski definition) is 4. The van der Waals surface area contributed by atoms with Crippen LogP contribution in [-0.4, -0.2) is 39.1 Å². The van der Waals surface area contributed by atoms with Crippen LogP contribution >= 0.6 is 0 Å². The Labute approximate surface area is 141 Å². The summed E-state index contributed by atoms with van der Waals surface area (Å²) >= 11 is 0.323. The average molecular weight is 375 g/mol. The van der Waals surface area contributed by atoms with Crippen LogP contribution in [0.25, 0.3) is 0 Å². The molecule has 0 N–H and O–H groups in total. The van der Waals surface area contributed by atoms with E-state index in [2.05, 4.69) is 0 Å². The summed E-state index contributed by atoms with van der Waals surface area (Å²) in [6.45, 7) is 0. The topological polar surface area (TPSA) is 52.6 Å². The number of carbonyl (C=O) groups is 2. The molecule has 0 saturated carbocycles. The Hall–Kier alpha value is -2.10. The van der Waals surface area contributed by atoms with Gasteiger partial charge in [0.05, 0.1) is 0 Å². The van der Waals surface area contributed by atoms with Gasteiger partial charge in [-0.25, -0.2) is 0 Å². The third-order valence-electron chi connectivity index (χ3n) is 3.51. The standard InChI is InChI=1S/C18H16O4Se/c19-17(13-7-3-1-4-8-13)21-15-11-23-12-16(15)22-18(20)14-9-5-2-6-10-14/h1-10,15-16H,11-12H2/t15-,16-/m0/s1. The van der Waals surface area contributed by atoms with E-state index in [9.17, 15) is 9.59 Å². The van der Waals surface area contributed by atoms with Gasteiger partial charge in [0.15, 0.2) is 0 Å². The van der Waals surface area contributed by atoms with E-state index in [0.29, 0.717) is 26.1 Å². The first-order valence-corrected chi connectivity index (χ1v) is 9.76. The van der Waals surface area contributed by atoms with Crippen molar-refractivity contribution in [2.24, 2.45) is 0 Å². The van der Waals surface area contributed by atoms with E-state index < -0.39 is 0 Å². The van der Waals surface area contributed by atoms with Crippen molar-refractivity contribution in [2.45, 2.75) is 22.8 Å². The van der Waals surface area contributed by atoms with Gasteiger partial charge in [0.1, 0.15) is 0 Å². The molecule has 3 rings (SSSR count). The number of hydrogen-bond donors (Lipinski definition) is 0. The SMILES string of the molecule is O=C(O[C@H]1C[Se]C[C@@H]1OC(=O)c1ccccc1)c1ccccc1. The summed E-state index contributed by atoms with van der Waals surface area (Å²) in [5.74, 6) is -0.733. The van der Waals surface area contributed by atoms with Crippen molar-refractivity contribution in [1.29, 1.82) is 0 Å². The molecule has 4 nitrogen and oxygen atoms in total. The van der Waals surface area contributed by atoms with Crippen molar-refractivity contribution in [3.05, 3.63) is 71.8 Å². The van der Waals surface area contributed by atoms with Crippen LogP contribution in [0, 0.1) is 0 Å². The van der Waals surface area contributed by atoms with Crippen molar-refractivity contribution in [3.63, 3.8) is 0 Å². The summed E-state index contributed by atoms with van der Waals surface area (Å²) in [5, 5.41) is 1.55. The molecule has 0 unspecified atom stereocenters. The van der Waals surface area contributed by atoms with Crippen molar-refractivity contribution in [3.8, 4) is 0 Å². The Balaban J connectivity index is 1.62. The van der Waals surface area contributed by atoms with Crippen molar-refractivity contribution >= 4 is 26.9 Å². The maximum absolute atomic E-state index is 12.1. The van der Waals surface area contributed by atoms with Crippen molar-refractivity contribution < 1.29 is 19.1 Å². The molecule has 1 aliphatic heterocycles. The fourth-order valence-electron chi connectivity index (χ4n) is 2.29. The number of esters is 2. The molecule has 0 bridgehead atoms. The first-order chi connectivity index (χ1) is 11.2. The molecule has 0 radical (unpaired) electrons. The monoisotopic (exact) mass is 376 g/mol. The molecule has 118 valence electrons. The van der Waals surface area contributed by atoms with Gasteiger partial charge in [-0.2, -0.15) is 0 Å². The molecule has 1 heterocycles. The first-order valence-electron chi connectivity index (χ1n) is 7.34. The van der Waals surface area contributed by atoms with E-state index >= 15 is 0 Å². The van der Waals surface area contributed by atoms with Gasteiger partial charge < -0.3 is 0 Å². The zero-order chi connectivity index (χ0) is 16.1. The molecular weight excluding hydrogens is 359 g/mol. The Morgan fingerprint density at radius 2 is 1.13 bits per heavy atom. The van der Waals surface area contributed by atoms with Crippen molar-refractivity contribution in [2.75, 3.05) is 0 Å². The number of ether oxygens (including phenoxy) is 2. The Morgan fingerprint density at radius 1 is 0.739 bits per heavy atom. The fraction of sp³-hybridized carbons (Fsp3) is 0.222. The Bertz CT molecular complexity index is 612. The molecule has 0 aromatic heterocycles. The van der Waals surface area contributed by atoms with Gasteiger partial charge in [-0.3, -0.25) is 0 Å². The minimum atomic E-state index is -0.367. The molecule has 1 aliphatic rings. The maximum atomic E-state index is 12.1. The third-order valence-corrected chi connectivity index (χ3v) is 5.88. The first kappa shape index (κ1) is 15.8. The van der Waals surface area contributed by atoms with Crippen LogP contribution < -0.4 is 0 Å². The molecule has 23 heavy (non-hydrogen) atoms. The Kier molecular flexibility index (Phi) is 5.11. The fourth-order valence-corrected chi connectivity index (χ4v) is 4.74. The summed E-state index contributed by atoms with van der Waals surface area (Å²) < 4.78 is 11.1. The number of benzene rings is 2. The van der Waals surface area contributed by atoms with Gasteiger partial charge in [-0.15, -0.1) is 0 Å². The van der Waals surface area contributed by atoms with Crippen LogP contribution in [0.4, 0.5) is 0 Å². The van der Waals surface area contributed by atoms with Crippen molar-refractivity contribution in [1.82, 2.24) is 0 Å². The van der Waals surface area contributed by atoms with Gasteiger partial charge in [0, 0.05) is 0 Å². The second-order valence-electron chi connectivity index (χ2n) is 5.16. The normalized spacial score (nSPS) is 20.0. The predicted octanol–water partition coefficient (Wildman–Crippen LogP) is 2.99. The van der Waals surface area contributed by atoms with Gasteiger partial charge in [-0.1, -0.05) is 0 Å². The summed E-state index contributed by atoms with van der Waals surface area (Å²) in [7, 11) is 0. The molecule has 0 spiro atoms. The Morgan fingerprint density at radius 3 is 1.52 bits per heavy atom. The zero-order valence-corrected chi connectivity index (χ0v) is 14.1. The van der Waals surface area contributed by atoms with E-state index in [-0.39, 0.29) is 24.1 Å². The van der Waals surface area contributed by atoms with E-state index in [0.717, 1.165) is 10.6 Å². The second-order valence-corrected chi connectivity index (χ2v) is 7.41. The van der Waals surface area contributed by atoms with E-state index in [1.54, 1.807) is 48.5 Å². The molecule has 2 aromatic rings. The van der Waals surface area contributed by atoms with E-state index in [1.165, 1.54) is 0 Å². The van der Waals surface area contributed by atoms with Crippen LogP contribution in [0.1, 0.15) is 20.7 Å². The van der Waals surface area contributed by atoms with Crippen LogP contribution in [0.2, 0.25) is 10.6 Å². The zero-order valence-electron chi connectivity index (χ0n) is 12.4. The predicted molar refractivity (Wildman–Crippen MR) is 86.7 cm³/mol. The molecule has 1 fully saturated rings. The average Bonchev–Trinajstić information content (AvgIpc) is 3.03. The molecule has 5 heteroatoms. The van der Waals surface area contributed by atoms with Crippen LogP contribution in [-0.2, 0) is 9.47 Å². The van der Waals surface area contributed by atoms with Gasteiger partial charge in [0.2, 0.25) is 0 Å². The van der Waals surface area contributed by atoms with Gasteiger partial charge >= 0.3 is 141 Å². The molecule has 0 amide bonds. The van der Waals surface area contributed by atoms with E-state index in [4.69, 9.17) is 9.47 Å². The molecule has 2 aromatic carbocycles. The van der Waals surface area contributed by atoms with Crippen LogP contribution in [0.3, 0.4) is 0 Å². The van der Waals surface area contributed by atoms with Gasteiger partial charge in [-0.05, 0) is 0 Å². The van der Waals surface area contributed by atoms with E-state index in [1.807, 2.05) is 12.1 Å². The second kappa shape index (κ2) is 7.44. The molecular formula is C18H16O4Se. The summed E-state index contributed by atoms with van der Waals surface area (Å²) in [6, 6.07) is 17.7. The molecule has 2 atom stereocenters. The quantitative estimate of drug-likeness (QED) is 0.609. The van der Waals surface area contributed by atoms with Gasteiger partial charge in [0.25, 0.3) is 0 Å². The third kappa shape index (κ3) is 4.00. The summed E-state index contributed by atoms with van der Waals surface area (Å²) in [6.07, 6.45) is -0.703. The number of rotatable bonds is 4. The minimum absolute atomic E-state index is 0.323. The number of carbonyl (C=O) groups excluding carboxylic acids is 2. The molecule has 0 aliphatic carbocycles.